The minimum atomic E-state index is 0.205. The Bertz CT molecular complexity index is 610. The summed E-state index contributed by atoms with van der Waals surface area (Å²) in [7, 11) is 0. The van der Waals surface area contributed by atoms with Gasteiger partial charge in [0.1, 0.15) is 5.82 Å². The quantitative estimate of drug-likeness (QED) is 0.875. The van der Waals surface area contributed by atoms with E-state index in [1.807, 2.05) is 6.07 Å². The Hall–Kier alpha value is -1.88. The van der Waals surface area contributed by atoms with Crippen LogP contribution in [0.5, 0.6) is 11.5 Å². The van der Waals surface area contributed by atoms with Crippen LogP contribution in [0.1, 0.15) is 12.5 Å². The molecule has 1 aliphatic heterocycles. The SMILES string of the molecule is CCc1c(-c2cc(N)n[nH]2)cc(Cl)c2c1OCO2. The zero-order valence-corrected chi connectivity index (χ0v) is 10.5. The first kappa shape index (κ1) is 11.2. The Balaban J connectivity index is 2.23. The highest BCUT2D eigenvalue weighted by Gasteiger charge is 2.24. The highest BCUT2D eigenvalue weighted by molar-refractivity contribution is 6.32. The predicted octanol–water partition coefficient (Wildman–Crippen LogP) is 2.60. The number of hydrogen-bond donors (Lipinski definition) is 2. The number of nitrogens with zero attached hydrogens (tertiary/aromatic N) is 1. The van der Waals surface area contributed by atoms with Gasteiger partial charge in [-0.05, 0) is 12.5 Å². The fourth-order valence-corrected chi connectivity index (χ4v) is 2.40. The number of hydrogen-bond acceptors (Lipinski definition) is 4. The average Bonchev–Trinajstić information content (AvgIpc) is 2.97. The third-order valence-corrected chi connectivity index (χ3v) is 3.22. The Kier molecular flexibility index (Phi) is 2.56. The van der Waals surface area contributed by atoms with E-state index in [4.69, 9.17) is 26.8 Å². The molecule has 3 rings (SSSR count). The van der Waals surface area contributed by atoms with Crippen molar-refractivity contribution in [3.05, 3.63) is 22.7 Å². The fourth-order valence-electron chi connectivity index (χ4n) is 2.15. The Labute approximate surface area is 109 Å². The number of halogens is 1. The fraction of sp³-hybridized carbons (Fsp3) is 0.250. The lowest BCUT2D eigenvalue weighted by atomic mass is 10.0. The van der Waals surface area contributed by atoms with E-state index in [1.165, 1.54) is 0 Å². The van der Waals surface area contributed by atoms with Gasteiger partial charge in [-0.15, -0.1) is 0 Å². The first-order valence-electron chi connectivity index (χ1n) is 5.63. The number of fused-ring (bicyclic) bond motifs is 1. The summed E-state index contributed by atoms with van der Waals surface area (Å²) in [5.74, 6) is 1.78. The topological polar surface area (TPSA) is 73.2 Å². The lowest BCUT2D eigenvalue weighted by Crippen LogP contribution is -1.95. The monoisotopic (exact) mass is 265 g/mol. The molecule has 0 spiro atoms. The molecule has 5 nitrogen and oxygen atoms in total. The molecule has 0 radical (unpaired) electrons. The predicted molar refractivity (Wildman–Crippen MR) is 68.9 cm³/mol. The van der Waals surface area contributed by atoms with E-state index in [9.17, 15) is 0 Å². The number of H-pyrrole nitrogens is 1. The maximum absolute atomic E-state index is 6.19. The number of rotatable bonds is 2. The third-order valence-electron chi connectivity index (χ3n) is 2.94. The molecule has 0 bridgehead atoms. The highest BCUT2D eigenvalue weighted by atomic mass is 35.5. The van der Waals surface area contributed by atoms with E-state index in [2.05, 4.69) is 17.1 Å². The van der Waals surface area contributed by atoms with Gasteiger partial charge in [0, 0.05) is 17.2 Å². The number of nitrogens with one attached hydrogen (secondary N) is 1. The summed E-state index contributed by atoms with van der Waals surface area (Å²) < 4.78 is 10.9. The van der Waals surface area contributed by atoms with Gasteiger partial charge < -0.3 is 15.2 Å². The molecule has 1 aromatic heterocycles. The largest absolute Gasteiger partial charge is 0.453 e. The number of nitrogen functional groups attached to an aromatic ring is 1. The van der Waals surface area contributed by atoms with Gasteiger partial charge in [0.15, 0.2) is 11.5 Å². The van der Waals surface area contributed by atoms with Crippen LogP contribution in [0.4, 0.5) is 5.82 Å². The van der Waals surface area contributed by atoms with Gasteiger partial charge >= 0.3 is 0 Å². The standard InChI is InChI=1S/C12H12ClN3O2/c1-2-6-7(9-4-10(14)16-15-9)3-8(13)12-11(6)17-5-18-12/h3-4H,2,5H2,1H3,(H3,14,15,16). The number of aromatic amines is 1. The van der Waals surface area contributed by atoms with Crippen LogP contribution in [-0.2, 0) is 6.42 Å². The Morgan fingerprint density at radius 2 is 2.17 bits per heavy atom. The molecule has 1 aliphatic rings. The van der Waals surface area contributed by atoms with Gasteiger partial charge in [-0.3, -0.25) is 5.10 Å². The molecule has 6 heteroatoms. The van der Waals surface area contributed by atoms with Crippen molar-refractivity contribution < 1.29 is 9.47 Å². The minimum absolute atomic E-state index is 0.205. The van der Waals surface area contributed by atoms with Gasteiger partial charge in [-0.1, -0.05) is 18.5 Å². The van der Waals surface area contributed by atoms with Gasteiger partial charge in [-0.25, -0.2) is 0 Å². The molecule has 1 aromatic carbocycles. The summed E-state index contributed by atoms with van der Waals surface area (Å²) >= 11 is 6.19. The molecule has 0 amide bonds. The number of aromatic nitrogens is 2. The van der Waals surface area contributed by atoms with Crippen LogP contribution in [0.3, 0.4) is 0 Å². The van der Waals surface area contributed by atoms with Crippen molar-refractivity contribution in [1.82, 2.24) is 10.2 Å². The van der Waals surface area contributed by atoms with Crippen molar-refractivity contribution in [2.45, 2.75) is 13.3 Å². The summed E-state index contributed by atoms with van der Waals surface area (Å²) in [5, 5.41) is 7.34. The van der Waals surface area contributed by atoms with Crippen LogP contribution in [0.25, 0.3) is 11.3 Å². The number of benzene rings is 1. The minimum Gasteiger partial charge on any atom is -0.453 e. The molecule has 0 unspecified atom stereocenters. The van der Waals surface area contributed by atoms with E-state index in [1.54, 1.807) is 6.07 Å². The van der Waals surface area contributed by atoms with E-state index in [-0.39, 0.29) is 6.79 Å². The Morgan fingerprint density at radius 3 is 2.83 bits per heavy atom. The smallest absolute Gasteiger partial charge is 0.231 e. The molecule has 2 heterocycles. The van der Waals surface area contributed by atoms with Gasteiger partial charge in [-0.2, -0.15) is 5.10 Å². The first-order valence-corrected chi connectivity index (χ1v) is 6.00. The summed E-state index contributed by atoms with van der Waals surface area (Å²) in [6.07, 6.45) is 0.803. The van der Waals surface area contributed by atoms with Crippen LogP contribution >= 0.6 is 11.6 Å². The summed E-state index contributed by atoms with van der Waals surface area (Å²) in [6.45, 7) is 2.26. The number of nitrogens with two attached hydrogens (primary N) is 1. The van der Waals surface area contributed by atoms with Crippen molar-refractivity contribution in [2.75, 3.05) is 12.5 Å². The zero-order chi connectivity index (χ0) is 12.7. The summed E-state index contributed by atoms with van der Waals surface area (Å²) in [5.41, 5.74) is 8.43. The highest BCUT2D eigenvalue weighted by Crippen LogP contribution is 2.46. The van der Waals surface area contributed by atoms with Crippen LogP contribution < -0.4 is 15.2 Å². The molecule has 18 heavy (non-hydrogen) atoms. The molecular weight excluding hydrogens is 254 g/mol. The molecule has 94 valence electrons. The van der Waals surface area contributed by atoms with Gasteiger partial charge in [0.2, 0.25) is 6.79 Å². The third kappa shape index (κ3) is 1.59. The maximum Gasteiger partial charge on any atom is 0.231 e. The van der Waals surface area contributed by atoms with Crippen molar-refractivity contribution in [2.24, 2.45) is 0 Å². The number of anilines is 1. The van der Waals surface area contributed by atoms with Crippen LogP contribution in [0.2, 0.25) is 5.02 Å². The first-order chi connectivity index (χ1) is 8.70. The van der Waals surface area contributed by atoms with E-state index >= 15 is 0 Å². The van der Waals surface area contributed by atoms with E-state index in [0.717, 1.165) is 23.2 Å². The lowest BCUT2D eigenvalue weighted by molar-refractivity contribution is 0.173. The second-order valence-electron chi connectivity index (χ2n) is 4.01. The maximum atomic E-state index is 6.19. The van der Waals surface area contributed by atoms with Crippen LogP contribution in [0.15, 0.2) is 12.1 Å². The molecule has 3 N–H and O–H groups in total. The van der Waals surface area contributed by atoms with Gasteiger partial charge in [0.25, 0.3) is 0 Å². The Morgan fingerprint density at radius 1 is 1.39 bits per heavy atom. The second kappa shape index (κ2) is 4.10. The molecule has 2 aromatic rings. The van der Waals surface area contributed by atoms with Crippen molar-refractivity contribution >= 4 is 17.4 Å². The van der Waals surface area contributed by atoms with E-state index < -0.39 is 0 Å². The molecule has 0 fully saturated rings. The average molecular weight is 266 g/mol. The molecular formula is C12H12ClN3O2. The van der Waals surface area contributed by atoms with Gasteiger partial charge in [0.05, 0.1) is 10.7 Å². The summed E-state index contributed by atoms with van der Waals surface area (Å²) in [4.78, 5) is 0. The lowest BCUT2D eigenvalue weighted by Gasteiger charge is -2.10. The second-order valence-corrected chi connectivity index (χ2v) is 4.42. The van der Waals surface area contributed by atoms with Crippen molar-refractivity contribution in [3.8, 4) is 22.8 Å². The number of ether oxygens (including phenoxy) is 2. The molecule has 0 atom stereocenters. The van der Waals surface area contributed by atoms with Crippen molar-refractivity contribution in [3.63, 3.8) is 0 Å². The van der Waals surface area contributed by atoms with Crippen molar-refractivity contribution in [1.29, 1.82) is 0 Å². The molecule has 0 saturated carbocycles. The zero-order valence-electron chi connectivity index (χ0n) is 9.79. The van der Waals surface area contributed by atoms with Crippen LogP contribution in [-0.4, -0.2) is 17.0 Å². The van der Waals surface area contributed by atoms with E-state index in [0.29, 0.717) is 22.3 Å². The summed E-state index contributed by atoms with van der Waals surface area (Å²) in [6, 6.07) is 3.62. The molecule has 0 aliphatic carbocycles. The normalized spacial score (nSPS) is 13.0. The van der Waals surface area contributed by atoms with Crippen LogP contribution in [0, 0.1) is 0 Å². The molecule has 0 saturated heterocycles.